The van der Waals surface area contributed by atoms with Crippen molar-refractivity contribution in [1.29, 1.82) is 0 Å². The highest BCUT2D eigenvalue weighted by atomic mass is 32.2. The first-order valence-electron chi connectivity index (χ1n) is 10.3. The van der Waals surface area contributed by atoms with E-state index < -0.39 is 11.9 Å². The summed E-state index contributed by atoms with van der Waals surface area (Å²) in [5.74, 6) is -0.493. The van der Waals surface area contributed by atoms with Crippen molar-refractivity contribution in [2.24, 2.45) is 0 Å². The molecule has 1 fully saturated rings. The van der Waals surface area contributed by atoms with Gasteiger partial charge in [-0.2, -0.15) is 0 Å². The number of Topliss-reactive ketones (excluding diaryl/α,β-unsaturated/α-hetero) is 1. The highest BCUT2D eigenvalue weighted by molar-refractivity contribution is 8.00. The molecule has 0 bridgehead atoms. The van der Waals surface area contributed by atoms with Gasteiger partial charge in [0.25, 0.3) is 0 Å². The standard InChI is InChI=1S/C23H23FN2O5S/c1-15(27)18-10-16(24)6-7-20(18)31-13-17-11-25(8-9-30-17)22(28)12-26-19-4-2-3-5-21(19)32-14-23(26)29/h2-7,10,17H,8-9,11-14H2,1H3. The van der Waals surface area contributed by atoms with E-state index in [1.807, 2.05) is 24.3 Å². The van der Waals surface area contributed by atoms with Crippen molar-refractivity contribution in [1.82, 2.24) is 4.90 Å². The largest absolute Gasteiger partial charge is 0.490 e. The number of fused-ring (bicyclic) bond motifs is 1. The number of thioether (sulfide) groups is 1. The normalized spacial score (nSPS) is 18.3. The number of nitrogens with zero attached hydrogens (tertiary/aromatic N) is 2. The molecule has 2 heterocycles. The minimum Gasteiger partial charge on any atom is -0.490 e. The molecule has 2 aromatic rings. The topological polar surface area (TPSA) is 76.2 Å². The number of amides is 2. The average molecular weight is 459 g/mol. The van der Waals surface area contributed by atoms with Gasteiger partial charge in [-0.05, 0) is 37.3 Å². The molecule has 7 nitrogen and oxygen atoms in total. The van der Waals surface area contributed by atoms with Gasteiger partial charge in [-0.3, -0.25) is 14.4 Å². The van der Waals surface area contributed by atoms with Gasteiger partial charge in [-0.25, -0.2) is 4.39 Å². The van der Waals surface area contributed by atoms with Crippen LogP contribution in [0.5, 0.6) is 5.75 Å². The molecule has 2 amide bonds. The maximum atomic E-state index is 13.4. The summed E-state index contributed by atoms with van der Waals surface area (Å²) in [7, 11) is 0. The second-order valence-electron chi connectivity index (χ2n) is 7.58. The lowest BCUT2D eigenvalue weighted by molar-refractivity contribution is -0.139. The van der Waals surface area contributed by atoms with E-state index in [1.165, 1.54) is 35.7 Å². The van der Waals surface area contributed by atoms with E-state index in [4.69, 9.17) is 9.47 Å². The van der Waals surface area contributed by atoms with E-state index in [1.54, 1.807) is 4.90 Å². The smallest absolute Gasteiger partial charge is 0.242 e. The van der Waals surface area contributed by atoms with E-state index in [2.05, 4.69) is 0 Å². The third kappa shape index (κ3) is 4.94. The number of hydrogen-bond acceptors (Lipinski definition) is 6. The van der Waals surface area contributed by atoms with Gasteiger partial charge in [0.15, 0.2) is 5.78 Å². The minimum atomic E-state index is -0.513. The van der Waals surface area contributed by atoms with Gasteiger partial charge in [0.2, 0.25) is 11.8 Å². The molecule has 168 valence electrons. The Hall–Kier alpha value is -2.91. The lowest BCUT2D eigenvalue weighted by Crippen LogP contribution is -2.51. The van der Waals surface area contributed by atoms with Crippen LogP contribution in [0.1, 0.15) is 17.3 Å². The summed E-state index contributed by atoms with van der Waals surface area (Å²) in [6, 6.07) is 11.3. The minimum absolute atomic E-state index is 0.0313. The van der Waals surface area contributed by atoms with Crippen molar-refractivity contribution in [3.63, 3.8) is 0 Å². The zero-order valence-electron chi connectivity index (χ0n) is 17.6. The fraction of sp³-hybridized carbons (Fsp3) is 0.348. The van der Waals surface area contributed by atoms with E-state index in [0.29, 0.717) is 25.4 Å². The van der Waals surface area contributed by atoms with Crippen LogP contribution in [0.3, 0.4) is 0 Å². The van der Waals surface area contributed by atoms with Gasteiger partial charge in [0, 0.05) is 11.4 Å². The number of morpholine rings is 1. The van der Waals surface area contributed by atoms with Crippen LogP contribution in [0.4, 0.5) is 10.1 Å². The van der Waals surface area contributed by atoms with Crippen molar-refractivity contribution in [3.05, 3.63) is 53.8 Å². The number of ketones is 1. The van der Waals surface area contributed by atoms with Gasteiger partial charge in [-0.1, -0.05) is 12.1 Å². The third-order valence-corrected chi connectivity index (χ3v) is 6.39. The van der Waals surface area contributed by atoms with E-state index in [-0.39, 0.29) is 42.1 Å². The summed E-state index contributed by atoms with van der Waals surface area (Å²) in [5.41, 5.74) is 0.914. The highest BCUT2D eigenvalue weighted by Crippen LogP contribution is 2.34. The average Bonchev–Trinajstić information content (AvgIpc) is 2.80. The van der Waals surface area contributed by atoms with Crippen LogP contribution < -0.4 is 9.64 Å². The molecule has 0 aromatic heterocycles. The van der Waals surface area contributed by atoms with Crippen LogP contribution in [-0.4, -0.2) is 67.2 Å². The Morgan fingerprint density at radius 3 is 2.88 bits per heavy atom. The van der Waals surface area contributed by atoms with Gasteiger partial charge in [0.1, 0.15) is 30.8 Å². The molecular weight excluding hydrogens is 435 g/mol. The van der Waals surface area contributed by atoms with Gasteiger partial charge < -0.3 is 19.3 Å². The molecule has 0 radical (unpaired) electrons. The summed E-state index contributed by atoms with van der Waals surface area (Å²) < 4.78 is 24.9. The maximum absolute atomic E-state index is 13.4. The van der Waals surface area contributed by atoms with E-state index in [0.717, 1.165) is 16.6 Å². The summed E-state index contributed by atoms with van der Waals surface area (Å²) in [5, 5.41) is 0. The van der Waals surface area contributed by atoms with Gasteiger partial charge >= 0.3 is 0 Å². The van der Waals surface area contributed by atoms with E-state index >= 15 is 0 Å². The van der Waals surface area contributed by atoms with Gasteiger partial charge in [0.05, 0.1) is 30.2 Å². The second-order valence-corrected chi connectivity index (χ2v) is 8.59. The summed E-state index contributed by atoms with van der Waals surface area (Å²) in [4.78, 5) is 41.3. The molecule has 2 aliphatic heterocycles. The summed E-state index contributed by atoms with van der Waals surface area (Å²) in [6.45, 7) is 2.48. The molecule has 0 aliphatic carbocycles. The van der Waals surface area contributed by atoms with Crippen LogP contribution >= 0.6 is 11.8 Å². The number of hydrogen-bond donors (Lipinski definition) is 0. The van der Waals surface area contributed by atoms with Crippen molar-refractivity contribution in [2.75, 3.05) is 43.5 Å². The summed E-state index contributed by atoms with van der Waals surface area (Å²) >= 11 is 1.47. The SMILES string of the molecule is CC(=O)c1cc(F)ccc1OCC1CN(C(=O)CN2C(=O)CSc3ccccc32)CCO1. The lowest BCUT2D eigenvalue weighted by atomic mass is 10.1. The monoisotopic (exact) mass is 458 g/mol. The number of rotatable bonds is 6. The first-order chi connectivity index (χ1) is 15.4. The Kier molecular flexibility index (Phi) is 6.76. The van der Waals surface area contributed by atoms with Crippen LogP contribution in [0.2, 0.25) is 0 Å². The van der Waals surface area contributed by atoms with Crippen molar-refractivity contribution in [2.45, 2.75) is 17.9 Å². The van der Waals surface area contributed by atoms with Crippen molar-refractivity contribution in [3.8, 4) is 5.75 Å². The fourth-order valence-electron chi connectivity index (χ4n) is 3.70. The number of ether oxygens (including phenoxy) is 2. The first kappa shape index (κ1) is 22.3. The first-order valence-corrected chi connectivity index (χ1v) is 11.3. The zero-order valence-corrected chi connectivity index (χ0v) is 18.4. The molecule has 0 N–H and O–H groups in total. The number of anilines is 1. The molecule has 2 aliphatic rings. The second kappa shape index (κ2) is 9.70. The van der Waals surface area contributed by atoms with Gasteiger partial charge in [-0.15, -0.1) is 11.8 Å². The van der Waals surface area contributed by atoms with Crippen LogP contribution in [0, 0.1) is 5.82 Å². The molecule has 0 spiro atoms. The molecule has 9 heteroatoms. The molecule has 32 heavy (non-hydrogen) atoms. The van der Waals surface area contributed by atoms with E-state index in [9.17, 15) is 18.8 Å². The number of para-hydroxylation sites is 1. The Morgan fingerprint density at radius 1 is 1.25 bits per heavy atom. The van der Waals surface area contributed by atoms with Crippen LogP contribution in [0.15, 0.2) is 47.4 Å². The predicted molar refractivity (Wildman–Crippen MR) is 118 cm³/mol. The number of carbonyl (C=O) groups excluding carboxylic acids is 3. The zero-order chi connectivity index (χ0) is 22.7. The Bertz CT molecular complexity index is 1050. The quantitative estimate of drug-likeness (QED) is 0.620. The van der Waals surface area contributed by atoms with Crippen LogP contribution in [-0.2, 0) is 14.3 Å². The molecule has 1 unspecified atom stereocenters. The third-order valence-electron chi connectivity index (χ3n) is 5.34. The highest BCUT2D eigenvalue weighted by Gasteiger charge is 2.30. The number of benzene rings is 2. The molecule has 2 aromatic carbocycles. The Morgan fingerprint density at radius 2 is 2.06 bits per heavy atom. The summed E-state index contributed by atoms with van der Waals surface area (Å²) in [6.07, 6.45) is -0.405. The molecule has 0 saturated carbocycles. The predicted octanol–water partition coefficient (Wildman–Crippen LogP) is 2.77. The Labute approximate surface area is 189 Å². The number of carbonyl (C=O) groups is 3. The Balaban J connectivity index is 1.38. The van der Waals surface area contributed by atoms with Crippen LogP contribution in [0.25, 0.3) is 0 Å². The maximum Gasteiger partial charge on any atom is 0.242 e. The molecule has 4 rings (SSSR count). The number of halogens is 1. The molecule has 1 saturated heterocycles. The fourth-order valence-corrected chi connectivity index (χ4v) is 4.63. The molecular formula is C23H23FN2O5S. The van der Waals surface area contributed by atoms with Crippen molar-refractivity contribution >= 4 is 35.0 Å². The lowest BCUT2D eigenvalue weighted by Gasteiger charge is -2.35. The molecule has 1 atom stereocenters. The van der Waals surface area contributed by atoms with Crippen molar-refractivity contribution < 1.29 is 28.2 Å².